The molecule has 0 unspecified atom stereocenters. The molecule has 4 aromatic carbocycles. The lowest BCUT2D eigenvalue weighted by Gasteiger charge is -2.32. The summed E-state index contributed by atoms with van der Waals surface area (Å²) in [5, 5.41) is 9.43. The van der Waals surface area contributed by atoms with Crippen LogP contribution in [0.4, 0.5) is 27.6 Å². The Hall–Kier alpha value is -4.66. The number of aromatic carboxylic acids is 1. The van der Waals surface area contributed by atoms with E-state index in [1.54, 1.807) is 30.3 Å². The zero-order valence-electron chi connectivity index (χ0n) is 27.5. The van der Waals surface area contributed by atoms with E-state index in [0.717, 1.165) is 43.2 Å². The van der Waals surface area contributed by atoms with Crippen LogP contribution in [0.1, 0.15) is 65.1 Å². The second kappa shape index (κ2) is 16.1. The van der Waals surface area contributed by atoms with Gasteiger partial charge in [0, 0.05) is 12.7 Å². The molecule has 8 nitrogen and oxygen atoms in total. The highest BCUT2D eigenvalue weighted by Crippen LogP contribution is 2.34. The largest absolute Gasteiger partial charge is 0.478 e. The van der Waals surface area contributed by atoms with Gasteiger partial charge in [-0.25, -0.2) is 35.2 Å². The van der Waals surface area contributed by atoms with Crippen molar-refractivity contribution in [1.29, 1.82) is 0 Å². The lowest BCUT2D eigenvalue weighted by molar-refractivity contribution is -0.124. The molecule has 1 amide bonds. The lowest BCUT2D eigenvalue weighted by atomic mass is 9.84. The number of sulfonamides is 1. The van der Waals surface area contributed by atoms with E-state index in [1.165, 1.54) is 30.7 Å². The van der Waals surface area contributed by atoms with E-state index in [9.17, 15) is 45.1 Å². The first-order valence-corrected chi connectivity index (χ1v) is 17.6. The van der Waals surface area contributed by atoms with Gasteiger partial charge in [-0.3, -0.25) is 4.79 Å². The quantitative estimate of drug-likeness (QED) is 0.0865. The number of anilines is 1. The third-order valence-electron chi connectivity index (χ3n) is 9.01. The molecule has 0 heterocycles. The first-order valence-electron chi connectivity index (χ1n) is 16.2. The number of hydrogen-bond donors (Lipinski definition) is 1. The predicted molar refractivity (Wildman–Crippen MR) is 178 cm³/mol. The molecule has 5 rings (SSSR count). The van der Waals surface area contributed by atoms with Crippen LogP contribution < -0.4 is 4.90 Å². The van der Waals surface area contributed by atoms with Crippen LogP contribution in [0, 0.1) is 29.1 Å². The van der Waals surface area contributed by atoms with Gasteiger partial charge in [-0.05, 0) is 59.7 Å². The average molecular weight is 731 g/mol. The molecule has 0 aliphatic heterocycles. The molecule has 1 atom stereocenters. The number of amides is 1. The van der Waals surface area contributed by atoms with E-state index in [0.29, 0.717) is 17.0 Å². The number of hydrogen-bond acceptors (Lipinski definition) is 5. The predicted octanol–water partition coefficient (Wildman–Crippen LogP) is 7.57. The molecule has 1 aliphatic rings. The standard InChI is InChI=1S/C37H35F5N2O6S/c1-43(51(48,49)35-33(41)31(39)30(38)32(40)34(35)42)29(22-50-21-24-8-4-2-5-9-24)36(45)44(28-18-16-27(17-19-28)37(46)47)20-23-12-14-26(15-13-23)25-10-6-3-7-11-25/h2,4-5,8-9,12-19,25,29H,3,6-7,10-11,20-22H2,1H3,(H,46,47)/t29-/m1/s1. The topological polar surface area (TPSA) is 104 Å². The van der Waals surface area contributed by atoms with E-state index in [4.69, 9.17) is 4.74 Å². The van der Waals surface area contributed by atoms with Crippen LogP contribution in [-0.2, 0) is 32.7 Å². The summed E-state index contributed by atoms with van der Waals surface area (Å²) in [6, 6.07) is 19.3. The Morgan fingerprint density at radius 3 is 1.92 bits per heavy atom. The zero-order valence-corrected chi connectivity index (χ0v) is 28.3. The van der Waals surface area contributed by atoms with Gasteiger partial charge in [0.05, 0.1) is 25.3 Å². The number of ether oxygens (including phenoxy) is 1. The molecule has 1 N–H and O–H groups in total. The Morgan fingerprint density at radius 1 is 0.784 bits per heavy atom. The van der Waals surface area contributed by atoms with Crippen LogP contribution in [0.5, 0.6) is 0 Å². The summed E-state index contributed by atoms with van der Waals surface area (Å²) in [4.78, 5) is 25.1. The van der Waals surface area contributed by atoms with Crippen LogP contribution in [-0.4, -0.2) is 49.4 Å². The summed E-state index contributed by atoms with van der Waals surface area (Å²) in [6.45, 7) is -0.998. The highest BCUT2D eigenvalue weighted by Gasteiger charge is 2.42. The van der Waals surface area contributed by atoms with Crippen LogP contribution in [0.2, 0.25) is 0 Å². The number of halogens is 5. The summed E-state index contributed by atoms with van der Waals surface area (Å²) in [5.41, 5.74) is 2.41. The van der Waals surface area contributed by atoms with Gasteiger partial charge in [0.25, 0.3) is 0 Å². The minimum Gasteiger partial charge on any atom is -0.478 e. The van der Waals surface area contributed by atoms with E-state index < -0.39 is 68.5 Å². The average Bonchev–Trinajstić information content (AvgIpc) is 3.14. The number of carbonyl (C=O) groups excluding carboxylic acids is 1. The highest BCUT2D eigenvalue weighted by molar-refractivity contribution is 7.89. The van der Waals surface area contributed by atoms with Crippen LogP contribution in [0.15, 0.2) is 83.8 Å². The summed E-state index contributed by atoms with van der Waals surface area (Å²) in [7, 11) is -4.82. The molecule has 0 aromatic heterocycles. The molecular formula is C37H35F5N2O6S. The first-order chi connectivity index (χ1) is 24.3. The van der Waals surface area contributed by atoms with E-state index >= 15 is 0 Å². The van der Waals surface area contributed by atoms with Crippen molar-refractivity contribution in [2.45, 2.75) is 62.1 Å². The van der Waals surface area contributed by atoms with Crippen LogP contribution in [0.3, 0.4) is 0 Å². The second-order valence-electron chi connectivity index (χ2n) is 12.3. The lowest BCUT2D eigenvalue weighted by Crippen LogP contribution is -2.52. The second-order valence-corrected chi connectivity index (χ2v) is 14.2. The van der Waals surface area contributed by atoms with Crippen molar-refractivity contribution >= 4 is 27.6 Å². The zero-order chi connectivity index (χ0) is 36.9. The third kappa shape index (κ3) is 8.29. The monoisotopic (exact) mass is 730 g/mol. The fraction of sp³-hybridized carbons (Fsp3) is 0.297. The molecule has 1 fully saturated rings. The highest BCUT2D eigenvalue weighted by atomic mass is 32.2. The number of benzene rings is 4. The van der Waals surface area contributed by atoms with E-state index in [-0.39, 0.29) is 28.7 Å². The van der Waals surface area contributed by atoms with Crippen molar-refractivity contribution in [2.75, 3.05) is 18.6 Å². The molecule has 0 bridgehead atoms. The Bertz CT molecular complexity index is 1940. The fourth-order valence-corrected chi connectivity index (χ4v) is 7.50. The molecule has 0 saturated heterocycles. The number of rotatable bonds is 13. The molecule has 0 spiro atoms. The van der Waals surface area contributed by atoms with Gasteiger partial charge in [0.2, 0.25) is 21.7 Å². The van der Waals surface area contributed by atoms with Crippen LogP contribution >= 0.6 is 0 Å². The maximum atomic E-state index is 14.9. The van der Waals surface area contributed by atoms with Crippen molar-refractivity contribution in [3.05, 3.63) is 130 Å². The van der Waals surface area contributed by atoms with Crippen molar-refractivity contribution < 1.29 is 49.8 Å². The first kappa shape index (κ1) is 37.6. The molecule has 1 saturated carbocycles. The van der Waals surface area contributed by atoms with Gasteiger partial charge >= 0.3 is 5.97 Å². The Labute approximate surface area is 292 Å². The SMILES string of the molecule is CN([C@H](COCc1ccccc1)C(=O)N(Cc1ccc(C2CCCCC2)cc1)c1ccc(C(=O)O)cc1)S(=O)(=O)c1c(F)c(F)c(F)c(F)c1F. The normalized spacial score (nSPS) is 14.4. The van der Waals surface area contributed by atoms with Crippen molar-refractivity contribution in [1.82, 2.24) is 4.31 Å². The maximum Gasteiger partial charge on any atom is 0.335 e. The smallest absolute Gasteiger partial charge is 0.335 e. The Morgan fingerprint density at radius 2 is 1.35 bits per heavy atom. The van der Waals surface area contributed by atoms with Gasteiger partial charge in [-0.15, -0.1) is 0 Å². The molecule has 51 heavy (non-hydrogen) atoms. The van der Waals surface area contributed by atoms with Gasteiger partial charge < -0.3 is 14.7 Å². The molecule has 270 valence electrons. The number of carbonyl (C=O) groups is 2. The number of carboxylic acids is 1. The third-order valence-corrected chi connectivity index (χ3v) is 10.9. The Balaban J connectivity index is 1.55. The number of likely N-dealkylation sites (N-methyl/N-ethyl adjacent to an activating group) is 1. The molecule has 0 radical (unpaired) electrons. The summed E-state index contributed by atoms with van der Waals surface area (Å²) in [6.07, 6.45) is 5.52. The number of nitrogens with zero attached hydrogens (tertiary/aromatic N) is 2. The van der Waals surface area contributed by atoms with Gasteiger partial charge in [0.15, 0.2) is 28.2 Å². The van der Waals surface area contributed by atoms with Gasteiger partial charge in [0.1, 0.15) is 6.04 Å². The van der Waals surface area contributed by atoms with Crippen molar-refractivity contribution in [2.24, 2.45) is 0 Å². The molecular weight excluding hydrogens is 695 g/mol. The summed E-state index contributed by atoms with van der Waals surface area (Å²) in [5.74, 6) is -14.5. The minimum absolute atomic E-state index is 0.100. The maximum absolute atomic E-state index is 14.9. The molecule has 4 aromatic rings. The number of carboxylic acid groups (broad SMARTS) is 1. The van der Waals surface area contributed by atoms with Gasteiger partial charge in [-0.1, -0.05) is 73.9 Å². The van der Waals surface area contributed by atoms with Crippen molar-refractivity contribution in [3.8, 4) is 0 Å². The minimum atomic E-state index is -5.59. The molecule has 1 aliphatic carbocycles. The van der Waals surface area contributed by atoms with Crippen molar-refractivity contribution in [3.63, 3.8) is 0 Å². The molecule has 14 heteroatoms. The van der Waals surface area contributed by atoms with Crippen LogP contribution in [0.25, 0.3) is 0 Å². The Kier molecular flexibility index (Phi) is 11.9. The van der Waals surface area contributed by atoms with Gasteiger partial charge in [-0.2, -0.15) is 4.31 Å². The van der Waals surface area contributed by atoms with E-state index in [1.807, 2.05) is 24.3 Å². The summed E-state index contributed by atoms with van der Waals surface area (Å²) < 4.78 is 105. The fourth-order valence-electron chi connectivity index (χ4n) is 6.09. The van der Waals surface area contributed by atoms with E-state index in [2.05, 4.69) is 0 Å². The summed E-state index contributed by atoms with van der Waals surface area (Å²) >= 11 is 0.